The molecule has 1 spiro atoms. The van der Waals surface area contributed by atoms with E-state index >= 15 is 0 Å². The molecule has 2 fully saturated rings. The summed E-state index contributed by atoms with van der Waals surface area (Å²) >= 11 is 0. The molecule has 1 aromatic rings. The maximum Gasteiger partial charge on any atom is 0.322 e. The van der Waals surface area contributed by atoms with Crippen molar-refractivity contribution < 1.29 is 14.3 Å². The summed E-state index contributed by atoms with van der Waals surface area (Å²) in [4.78, 5) is 23.2. The fraction of sp³-hybridized carbons (Fsp3) is 0.722. The number of rotatable bonds is 1. The van der Waals surface area contributed by atoms with Gasteiger partial charge in [0.15, 0.2) is 0 Å². The molecule has 0 bridgehead atoms. The van der Waals surface area contributed by atoms with Gasteiger partial charge in [0.1, 0.15) is 11.4 Å². The average molecular weight is 348 g/mol. The van der Waals surface area contributed by atoms with Crippen LogP contribution in [0.3, 0.4) is 0 Å². The van der Waals surface area contributed by atoms with Gasteiger partial charge in [-0.25, -0.2) is 14.8 Å². The molecule has 2 aliphatic rings. The minimum Gasteiger partial charge on any atom is -0.375 e. The zero-order valence-corrected chi connectivity index (χ0v) is 15.7. The summed E-state index contributed by atoms with van der Waals surface area (Å²) in [5.41, 5.74) is 0.0799. The van der Waals surface area contributed by atoms with Crippen molar-refractivity contribution in [3.63, 3.8) is 0 Å². The minimum absolute atomic E-state index is 0.0139. The second-order valence-corrected chi connectivity index (χ2v) is 8.11. The number of carbonyl (C=O) groups excluding carboxylic acids is 1. The standard InChI is InChI=1S/C18H28N4O3/c1-12-10-22(11-18(25-12)6-7-24-13(18)2)16(23)21-14-8-19-15(20-9-14)17(3,4)5/h8-9,12-13H,6-7,10-11H2,1-5H3,(H,21,23)/t12-,13+,18+/m1/s1. The Bertz CT molecular complexity index is 628. The number of carbonyl (C=O) groups is 1. The van der Waals surface area contributed by atoms with E-state index in [0.29, 0.717) is 25.4 Å². The molecule has 2 amide bonds. The van der Waals surface area contributed by atoms with Gasteiger partial charge in [-0.15, -0.1) is 0 Å². The van der Waals surface area contributed by atoms with Gasteiger partial charge in [0.25, 0.3) is 0 Å². The minimum atomic E-state index is -0.401. The number of urea groups is 1. The zero-order valence-electron chi connectivity index (χ0n) is 15.7. The van der Waals surface area contributed by atoms with E-state index in [2.05, 4.69) is 36.1 Å². The second-order valence-electron chi connectivity index (χ2n) is 8.11. The van der Waals surface area contributed by atoms with Gasteiger partial charge >= 0.3 is 6.03 Å². The number of aromatic nitrogens is 2. The molecular formula is C18H28N4O3. The van der Waals surface area contributed by atoms with E-state index in [1.807, 2.05) is 13.8 Å². The van der Waals surface area contributed by atoms with E-state index in [1.54, 1.807) is 17.3 Å². The average Bonchev–Trinajstić information content (AvgIpc) is 2.86. The maximum absolute atomic E-state index is 12.7. The van der Waals surface area contributed by atoms with Crippen LogP contribution >= 0.6 is 0 Å². The van der Waals surface area contributed by atoms with Gasteiger partial charge in [0.05, 0.1) is 36.8 Å². The third-order valence-electron chi connectivity index (χ3n) is 4.87. The quantitative estimate of drug-likeness (QED) is 0.844. The van der Waals surface area contributed by atoms with Gasteiger partial charge in [-0.2, -0.15) is 0 Å². The molecule has 0 radical (unpaired) electrons. The smallest absolute Gasteiger partial charge is 0.322 e. The Morgan fingerprint density at radius 3 is 2.56 bits per heavy atom. The first kappa shape index (κ1) is 18.1. The van der Waals surface area contributed by atoms with Crippen molar-refractivity contribution in [2.75, 3.05) is 25.0 Å². The summed E-state index contributed by atoms with van der Waals surface area (Å²) in [5.74, 6) is 0.751. The molecule has 3 rings (SSSR count). The van der Waals surface area contributed by atoms with Crippen molar-refractivity contribution in [1.29, 1.82) is 0 Å². The van der Waals surface area contributed by atoms with Crippen LogP contribution in [0, 0.1) is 0 Å². The lowest BCUT2D eigenvalue weighted by molar-refractivity contribution is -0.159. The molecule has 2 aliphatic heterocycles. The first-order chi connectivity index (χ1) is 11.7. The van der Waals surface area contributed by atoms with Crippen LogP contribution in [0.15, 0.2) is 12.4 Å². The number of amides is 2. The van der Waals surface area contributed by atoms with Crippen LogP contribution in [0.4, 0.5) is 10.5 Å². The van der Waals surface area contributed by atoms with Crippen LogP contribution in [0.25, 0.3) is 0 Å². The molecule has 0 unspecified atom stereocenters. The van der Waals surface area contributed by atoms with Crippen LogP contribution in [0.2, 0.25) is 0 Å². The van der Waals surface area contributed by atoms with Gasteiger partial charge in [-0.1, -0.05) is 20.8 Å². The van der Waals surface area contributed by atoms with Crippen molar-refractivity contribution >= 4 is 11.7 Å². The molecule has 3 atom stereocenters. The van der Waals surface area contributed by atoms with E-state index in [0.717, 1.165) is 12.2 Å². The molecule has 138 valence electrons. The molecule has 2 saturated heterocycles. The number of nitrogens with zero attached hydrogens (tertiary/aromatic N) is 3. The second kappa shape index (κ2) is 6.53. The Labute approximate surface area is 149 Å². The Hall–Kier alpha value is -1.73. The van der Waals surface area contributed by atoms with E-state index in [9.17, 15) is 4.79 Å². The summed E-state index contributed by atoms with van der Waals surface area (Å²) in [5, 5.41) is 2.90. The van der Waals surface area contributed by atoms with Gasteiger partial charge in [0, 0.05) is 25.0 Å². The highest BCUT2D eigenvalue weighted by molar-refractivity contribution is 5.89. The number of ether oxygens (including phenoxy) is 2. The van der Waals surface area contributed by atoms with E-state index in [-0.39, 0.29) is 23.7 Å². The number of hydrogen-bond acceptors (Lipinski definition) is 5. The van der Waals surface area contributed by atoms with Gasteiger partial charge in [-0.05, 0) is 13.8 Å². The number of morpholine rings is 1. The summed E-state index contributed by atoms with van der Waals surface area (Å²) < 4.78 is 11.8. The predicted molar refractivity (Wildman–Crippen MR) is 94.6 cm³/mol. The molecule has 3 heterocycles. The number of hydrogen-bond donors (Lipinski definition) is 1. The van der Waals surface area contributed by atoms with Crippen LogP contribution < -0.4 is 5.32 Å². The van der Waals surface area contributed by atoms with Crippen molar-refractivity contribution in [1.82, 2.24) is 14.9 Å². The lowest BCUT2D eigenvalue weighted by Crippen LogP contribution is -2.60. The topological polar surface area (TPSA) is 76.6 Å². The van der Waals surface area contributed by atoms with E-state index < -0.39 is 5.60 Å². The Kier molecular flexibility index (Phi) is 4.72. The molecule has 1 N–H and O–H groups in total. The Morgan fingerprint density at radius 2 is 2.00 bits per heavy atom. The van der Waals surface area contributed by atoms with Crippen LogP contribution in [-0.2, 0) is 14.9 Å². The highest BCUT2D eigenvalue weighted by Gasteiger charge is 2.48. The maximum atomic E-state index is 12.7. The van der Waals surface area contributed by atoms with Crippen molar-refractivity contribution in [2.45, 2.75) is 64.3 Å². The first-order valence-electron chi connectivity index (χ1n) is 8.87. The highest BCUT2D eigenvalue weighted by atomic mass is 16.6. The SMILES string of the molecule is C[C@@H]1CN(C(=O)Nc2cnc(C(C)(C)C)nc2)C[C@]2(CCO[C@H]2C)O1. The summed E-state index contributed by atoms with van der Waals surface area (Å²) in [6, 6.07) is -0.152. The third-order valence-corrected chi connectivity index (χ3v) is 4.87. The largest absolute Gasteiger partial charge is 0.375 e. The summed E-state index contributed by atoms with van der Waals surface area (Å²) in [6.45, 7) is 11.9. The third kappa shape index (κ3) is 3.77. The fourth-order valence-corrected chi connectivity index (χ4v) is 3.44. The first-order valence-corrected chi connectivity index (χ1v) is 8.87. The Balaban J connectivity index is 1.68. The van der Waals surface area contributed by atoms with Gasteiger partial charge in [0.2, 0.25) is 0 Å². The van der Waals surface area contributed by atoms with Gasteiger partial charge in [-0.3, -0.25) is 0 Å². The van der Waals surface area contributed by atoms with Crippen LogP contribution in [0.5, 0.6) is 0 Å². The molecular weight excluding hydrogens is 320 g/mol. The number of nitrogens with one attached hydrogen (secondary N) is 1. The predicted octanol–water partition coefficient (Wildman–Crippen LogP) is 2.57. The van der Waals surface area contributed by atoms with Crippen molar-refractivity contribution in [3.8, 4) is 0 Å². The van der Waals surface area contributed by atoms with E-state index in [4.69, 9.17) is 9.47 Å². The van der Waals surface area contributed by atoms with Gasteiger partial charge < -0.3 is 19.7 Å². The molecule has 25 heavy (non-hydrogen) atoms. The molecule has 7 heteroatoms. The fourth-order valence-electron chi connectivity index (χ4n) is 3.44. The molecule has 7 nitrogen and oxygen atoms in total. The normalized spacial score (nSPS) is 29.9. The van der Waals surface area contributed by atoms with Crippen molar-refractivity contribution in [3.05, 3.63) is 18.2 Å². The molecule has 0 aliphatic carbocycles. The summed E-state index contributed by atoms with van der Waals surface area (Å²) in [6.07, 6.45) is 4.09. The number of anilines is 1. The lowest BCUT2D eigenvalue weighted by atomic mass is 9.93. The van der Waals surface area contributed by atoms with E-state index in [1.165, 1.54) is 0 Å². The highest BCUT2D eigenvalue weighted by Crippen LogP contribution is 2.35. The molecule has 0 aromatic carbocycles. The molecule has 0 saturated carbocycles. The van der Waals surface area contributed by atoms with Crippen LogP contribution in [-0.4, -0.2) is 58.4 Å². The molecule has 1 aromatic heterocycles. The zero-order chi connectivity index (χ0) is 18.2. The summed E-state index contributed by atoms with van der Waals surface area (Å²) in [7, 11) is 0. The monoisotopic (exact) mass is 348 g/mol. The Morgan fingerprint density at radius 1 is 1.32 bits per heavy atom. The lowest BCUT2D eigenvalue weighted by Gasteiger charge is -2.44. The van der Waals surface area contributed by atoms with Crippen LogP contribution in [0.1, 0.15) is 46.9 Å². The van der Waals surface area contributed by atoms with Crippen molar-refractivity contribution in [2.24, 2.45) is 0 Å².